The SMILES string of the molecule is OC1CC(O)C(O)(O)[C@H](O)[C@@H]1O. The van der Waals surface area contributed by atoms with Crippen molar-refractivity contribution in [2.24, 2.45) is 0 Å². The Kier molecular flexibility index (Phi) is 2.39. The minimum Gasteiger partial charge on any atom is -0.390 e. The lowest BCUT2D eigenvalue weighted by Crippen LogP contribution is -2.64. The fraction of sp³-hybridized carbons (Fsp3) is 1.00. The molecule has 1 aliphatic rings. The van der Waals surface area contributed by atoms with E-state index in [1.165, 1.54) is 0 Å². The van der Waals surface area contributed by atoms with Crippen LogP contribution in [0.2, 0.25) is 0 Å². The largest absolute Gasteiger partial charge is 0.390 e. The van der Waals surface area contributed by atoms with E-state index in [4.69, 9.17) is 30.6 Å². The normalized spacial score (nSPS) is 47.5. The summed E-state index contributed by atoms with van der Waals surface area (Å²) >= 11 is 0. The summed E-state index contributed by atoms with van der Waals surface area (Å²) in [5.41, 5.74) is 0. The lowest BCUT2D eigenvalue weighted by atomic mass is 9.84. The molecule has 72 valence electrons. The van der Waals surface area contributed by atoms with Gasteiger partial charge in [0.25, 0.3) is 0 Å². The average molecular weight is 180 g/mol. The van der Waals surface area contributed by atoms with E-state index in [-0.39, 0.29) is 6.42 Å². The maximum absolute atomic E-state index is 8.98. The van der Waals surface area contributed by atoms with Crippen LogP contribution in [0, 0.1) is 0 Å². The summed E-state index contributed by atoms with van der Waals surface area (Å²) in [5, 5.41) is 53.8. The Morgan fingerprint density at radius 1 is 1.00 bits per heavy atom. The third kappa shape index (κ3) is 1.33. The zero-order chi connectivity index (χ0) is 9.52. The van der Waals surface area contributed by atoms with Crippen LogP contribution < -0.4 is 0 Å². The molecule has 6 N–H and O–H groups in total. The topological polar surface area (TPSA) is 121 Å². The minimum absolute atomic E-state index is 0.384. The molecule has 0 bridgehead atoms. The number of aliphatic hydroxyl groups excluding tert-OH is 4. The molecular formula is C6H12O6. The summed E-state index contributed by atoms with van der Waals surface area (Å²) in [6.45, 7) is 0. The molecule has 4 atom stereocenters. The monoisotopic (exact) mass is 180 g/mol. The van der Waals surface area contributed by atoms with Gasteiger partial charge in [-0.3, -0.25) is 0 Å². The molecule has 2 unspecified atom stereocenters. The Hall–Kier alpha value is -0.240. The molecule has 0 aromatic heterocycles. The second-order valence-corrected chi connectivity index (χ2v) is 3.04. The first kappa shape index (κ1) is 9.85. The van der Waals surface area contributed by atoms with Gasteiger partial charge in [-0.25, -0.2) is 0 Å². The van der Waals surface area contributed by atoms with Crippen LogP contribution in [0.5, 0.6) is 0 Å². The first-order chi connectivity index (χ1) is 5.37. The van der Waals surface area contributed by atoms with E-state index in [0.717, 1.165) is 0 Å². The van der Waals surface area contributed by atoms with E-state index < -0.39 is 30.2 Å². The molecule has 0 aromatic carbocycles. The molecule has 0 spiro atoms. The highest BCUT2D eigenvalue weighted by Crippen LogP contribution is 2.27. The van der Waals surface area contributed by atoms with Crippen molar-refractivity contribution in [3.05, 3.63) is 0 Å². The highest BCUT2D eigenvalue weighted by Gasteiger charge is 2.51. The fourth-order valence-electron chi connectivity index (χ4n) is 1.20. The van der Waals surface area contributed by atoms with Gasteiger partial charge < -0.3 is 30.6 Å². The lowest BCUT2D eigenvalue weighted by molar-refractivity contribution is -0.321. The maximum Gasteiger partial charge on any atom is 0.219 e. The predicted octanol–water partition coefficient (Wildman–Crippen LogP) is -3.49. The van der Waals surface area contributed by atoms with Gasteiger partial charge in [-0.15, -0.1) is 0 Å². The summed E-state index contributed by atoms with van der Waals surface area (Å²) < 4.78 is 0. The van der Waals surface area contributed by atoms with Gasteiger partial charge in [-0.05, 0) is 0 Å². The summed E-state index contributed by atoms with van der Waals surface area (Å²) in [6.07, 6.45) is -7.00. The number of aliphatic hydroxyl groups is 6. The first-order valence-electron chi connectivity index (χ1n) is 3.54. The second-order valence-electron chi connectivity index (χ2n) is 3.04. The zero-order valence-corrected chi connectivity index (χ0v) is 6.20. The Balaban J connectivity index is 2.80. The van der Waals surface area contributed by atoms with Crippen molar-refractivity contribution in [1.82, 2.24) is 0 Å². The fourth-order valence-corrected chi connectivity index (χ4v) is 1.20. The quantitative estimate of drug-likeness (QED) is 0.215. The summed E-state index contributed by atoms with van der Waals surface area (Å²) in [6, 6.07) is 0. The molecule has 1 rings (SSSR count). The zero-order valence-electron chi connectivity index (χ0n) is 6.20. The van der Waals surface area contributed by atoms with Gasteiger partial charge in [0.05, 0.1) is 6.10 Å². The summed E-state index contributed by atoms with van der Waals surface area (Å²) in [4.78, 5) is 0. The van der Waals surface area contributed by atoms with Gasteiger partial charge in [0, 0.05) is 6.42 Å². The van der Waals surface area contributed by atoms with Gasteiger partial charge in [0.15, 0.2) is 0 Å². The van der Waals surface area contributed by atoms with Crippen LogP contribution in [0.3, 0.4) is 0 Å². The van der Waals surface area contributed by atoms with Crippen molar-refractivity contribution in [3.63, 3.8) is 0 Å². The van der Waals surface area contributed by atoms with E-state index in [1.54, 1.807) is 0 Å². The van der Waals surface area contributed by atoms with E-state index in [0.29, 0.717) is 0 Å². The highest BCUT2D eigenvalue weighted by molar-refractivity contribution is 4.97. The van der Waals surface area contributed by atoms with Gasteiger partial charge in [-0.2, -0.15) is 0 Å². The van der Waals surface area contributed by atoms with Crippen LogP contribution in [-0.4, -0.2) is 60.8 Å². The first-order valence-corrected chi connectivity index (χ1v) is 3.54. The Morgan fingerprint density at radius 2 is 1.50 bits per heavy atom. The van der Waals surface area contributed by atoms with E-state index >= 15 is 0 Å². The Labute approximate surface area is 68.3 Å². The number of rotatable bonds is 0. The number of hydrogen-bond donors (Lipinski definition) is 6. The van der Waals surface area contributed by atoms with E-state index in [2.05, 4.69) is 0 Å². The van der Waals surface area contributed by atoms with Gasteiger partial charge >= 0.3 is 0 Å². The van der Waals surface area contributed by atoms with Crippen molar-refractivity contribution in [1.29, 1.82) is 0 Å². The van der Waals surface area contributed by atoms with Gasteiger partial charge in [0.2, 0.25) is 5.79 Å². The van der Waals surface area contributed by atoms with Crippen LogP contribution in [0.4, 0.5) is 0 Å². The third-order valence-electron chi connectivity index (χ3n) is 2.11. The van der Waals surface area contributed by atoms with Crippen LogP contribution in [0.15, 0.2) is 0 Å². The van der Waals surface area contributed by atoms with Gasteiger partial charge in [0.1, 0.15) is 18.3 Å². The van der Waals surface area contributed by atoms with E-state index in [1.807, 2.05) is 0 Å². The molecule has 1 fully saturated rings. The standard InChI is InChI=1S/C6H12O6/c7-2-1-3(8)6(11,12)5(10)4(2)9/h2-5,7-12H,1H2/t2?,3?,4-,5-/m1/s1. The third-order valence-corrected chi connectivity index (χ3v) is 2.11. The molecule has 6 nitrogen and oxygen atoms in total. The molecule has 6 heteroatoms. The molecule has 0 saturated heterocycles. The minimum atomic E-state index is -2.75. The molecule has 0 radical (unpaired) electrons. The molecule has 12 heavy (non-hydrogen) atoms. The number of hydrogen-bond acceptors (Lipinski definition) is 6. The van der Waals surface area contributed by atoms with Crippen molar-refractivity contribution in [2.45, 2.75) is 36.6 Å². The van der Waals surface area contributed by atoms with Crippen LogP contribution in [0.25, 0.3) is 0 Å². The summed E-state index contributed by atoms with van der Waals surface area (Å²) in [5.74, 6) is -2.75. The van der Waals surface area contributed by atoms with Crippen molar-refractivity contribution < 1.29 is 30.6 Å². The molecule has 1 saturated carbocycles. The van der Waals surface area contributed by atoms with Crippen molar-refractivity contribution in [2.75, 3.05) is 0 Å². The average Bonchev–Trinajstić information content (AvgIpc) is 1.99. The second kappa shape index (κ2) is 2.91. The van der Waals surface area contributed by atoms with Crippen molar-refractivity contribution >= 4 is 0 Å². The van der Waals surface area contributed by atoms with Crippen LogP contribution >= 0.6 is 0 Å². The molecule has 0 heterocycles. The lowest BCUT2D eigenvalue weighted by Gasteiger charge is -2.41. The molecule has 0 aromatic rings. The van der Waals surface area contributed by atoms with Gasteiger partial charge in [-0.1, -0.05) is 0 Å². The molecule has 1 aliphatic carbocycles. The highest BCUT2D eigenvalue weighted by atomic mass is 16.5. The maximum atomic E-state index is 8.98. The van der Waals surface area contributed by atoms with Crippen molar-refractivity contribution in [3.8, 4) is 0 Å². The molecular weight excluding hydrogens is 168 g/mol. The van der Waals surface area contributed by atoms with Crippen LogP contribution in [-0.2, 0) is 0 Å². The summed E-state index contributed by atoms with van der Waals surface area (Å²) in [7, 11) is 0. The smallest absolute Gasteiger partial charge is 0.219 e. The Morgan fingerprint density at radius 3 is 2.00 bits per heavy atom. The molecule has 0 amide bonds. The van der Waals surface area contributed by atoms with Crippen LogP contribution in [0.1, 0.15) is 6.42 Å². The predicted molar refractivity (Wildman–Crippen MR) is 35.8 cm³/mol. The molecule has 0 aliphatic heterocycles. The Bertz CT molecular complexity index is 169. The van der Waals surface area contributed by atoms with E-state index in [9.17, 15) is 0 Å².